The van der Waals surface area contributed by atoms with E-state index in [1.54, 1.807) is 16.7 Å². The zero-order chi connectivity index (χ0) is 17.1. The molecule has 0 aliphatic carbocycles. The first kappa shape index (κ1) is 16.3. The highest BCUT2D eigenvalue weighted by molar-refractivity contribution is 6.30. The highest BCUT2D eigenvalue weighted by Gasteiger charge is 2.11. The van der Waals surface area contributed by atoms with E-state index in [-0.39, 0.29) is 12.0 Å². The first-order valence-corrected chi connectivity index (χ1v) is 8.04. The van der Waals surface area contributed by atoms with Gasteiger partial charge in [0.1, 0.15) is 0 Å². The molecule has 0 saturated heterocycles. The Kier molecular flexibility index (Phi) is 4.67. The van der Waals surface area contributed by atoms with Gasteiger partial charge in [0.2, 0.25) is 0 Å². The third-order valence-electron chi connectivity index (χ3n) is 3.93. The molecule has 0 spiro atoms. The maximum Gasteiger partial charge on any atom is 0.303 e. The van der Waals surface area contributed by atoms with Crippen LogP contribution < -0.4 is 5.56 Å². The molecule has 122 valence electrons. The highest BCUT2D eigenvalue weighted by Crippen LogP contribution is 2.23. The van der Waals surface area contributed by atoms with Crippen LogP contribution >= 0.6 is 11.6 Å². The third kappa shape index (κ3) is 3.34. The van der Waals surface area contributed by atoms with Gasteiger partial charge in [0.15, 0.2) is 0 Å². The number of carboxylic acid groups (broad SMARTS) is 1. The summed E-state index contributed by atoms with van der Waals surface area (Å²) in [5.74, 6) is -0.860. The fraction of sp³-hybridized carbons (Fsp3) is 0.158. The number of hydrogen-bond donors (Lipinski definition) is 1. The SMILES string of the molecule is O=C(O)CCCn1c(=O)c(-c2ccc(Cl)cc2)cc2ccccc21. The molecule has 4 nitrogen and oxygen atoms in total. The summed E-state index contributed by atoms with van der Waals surface area (Å²) in [5.41, 5.74) is 2.06. The number of carbonyl (C=O) groups is 1. The van der Waals surface area contributed by atoms with E-state index in [0.717, 1.165) is 16.5 Å². The molecule has 3 aromatic rings. The molecule has 0 amide bonds. The number of halogens is 1. The summed E-state index contributed by atoms with van der Waals surface area (Å²) in [6, 6.07) is 16.6. The lowest BCUT2D eigenvalue weighted by atomic mass is 10.0. The number of rotatable bonds is 5. The number of aliphatic carboxylic acids is 1. The van der Waals surface area contributed by atoms with E-state index in [9.17, 15) is 9.59 Å². The van der Waals surface area contributed by atoms with Gasteiger partial charge in [-0.3, -0.25) is 9.59 Å². The molecule has 0 radical (unpaired) electrons. The van der Waals surface area contributed by atoms with Crippen molar-refractivity contribution in [2.24, 2.45) is 0 Å². The van der Waals surface area contributed by atoms with Gasteiger partial charge in [-0.15, -0.1) is 0 Å². The molecule has 1 N–H and O–H groups in total. The number of hydrogen-bond acceptors (Lipinski definition) is 2. The Morgan fingerprint density at radius 3 is 2.50 bits per heavy atom. The molecule has 0 bridgehead atoms. The summed E-state index contributed by atoms with van der Waals surface area (Å²) >= 11 is 5.92. The fourth-order valence-corrected chi connectivity index (χ4v) is 2.90. The van der Waals surface area contributed by atoms with Crippen LogP contribution in [0.1, 0.15) is 12.8 Å². The molecule has 24 heavy (non-hydrogen) atoms. The van der Waals surface area contributed by atoms with Crippen molar-refractivity contribution < 1.29 is 9.90 Å². The van der Waals surface area contributed by atoms with Crippen molar-refractivity contribution in [2.45, 2.75) is 19.4 Å². The van der Waals surface area contributed by atoms with Crippen molar-refractivity contribution in [1.82, 2.24) is 4.57 Å². The molecular weight excluding hydrogens is 326 g/mol. The summed E-state index contributed by atoms with van der Waals surface area (Å²) in [6.07, 6.45) is 0.440. The second-order valence-corrected chi connectivity index (χ2v) is 6.01. The van der Waals surface area contributed by atoms with Crippen molar-refractivity contribution in [3.05, 3.63) is 70.0 Å². The van der Waals surface area contributed by atoms with Crippen LogP contribution in [0.5, 0.6) is 0 Å². The number of aryl methyl sites for hydroxylation is 1. The second kappa shape index (κ2) is 6.89. The van der Waals surface area contributed by atoms with Gasteiger partial charge in [0.05, 0.1) is 5.52 Å². The normalized spacial score (nSPS) is 10.9. The Hall–Kier alpha value is -2.59. The Morgan fingerprint density at radius 2 is 1.79 bits per heavy atom. The van der Waals surface area contributed by atoms with Crippen LogP contribution in [0, 0.1) is 0 Å². The number of carboxylic acids is 1. The standard InChI is InChI=1S/C19H16ClNO3/c20-15-9-7-13(8-10-15)16-12-14-4-1-2-5-17(14)21(19(16)24)11-3-6-18(22)23/h1-2,4-5,7-10,12H,3,6,11H2,(H,22,23). The van der Waals surface area contributed by atoms with Crippen LogP contribution in [-0.4, -0.2) is 15.6 Å². The largest absolute Gasteiger partial charge is 0.481 e. The van der Waals surface area contributed by atoms with Crippen LogP contribution in [0.15, 0.2) is 59.4 Å². The van der Waals surface area contributed by atoms with Gasteiger partial charge in [-0.2, -0.15) is 0 Å². The van der Waals surface area contributed by atoms with E-state index in [1.807, 2.05) is 42.5 Å². The predicted octanol–water partition coefficient (Wildman–Crippen LogP) is 4.19. The molecule has 0 fully saturated rings. The predicted molar refractivity (Wildman–Crippen MR) is 95.5 cm³/mol. The Morgan fingerprint density at radius 1 is 1.08 bits per heavy atom. The Bertz CT molecular complexity index is 945. The Labute approximate surface area is 143 Å². The maximum absolute atomic E-state index is 12.9. The van der Waals surface area contributed by atoms with Crippen LogP contribution in [0.2, 0.25) is 5.02 Å². The molecular formula is C19H16ClNO3. The van der Waals surface area contributed by atoms with E-state index in [2.05, 4.69) is 0 Å². The smallest absolute Gasteiger partial charge is 0.303 e. The summed E-state index contributed by atoms with van der Waals surface area (Å²) < 4.78 is 1.65. The number of pyridine rings is 1. The van der Waals surface area contributed by atoms with Crippen molar-refractivity contribution in [3.63, 3.8) is 0 Å². The first-order valence-electron chi connectivity index (χ1n) is 7.66. The van der Waals surface area contributed by atoms with Gasteiger partial charge in [-0.05, 0) is 41.6 Å². The van der Waals surface area contributed by atoms with Crippen molar-refractivity contribution in [2.75, 3.05) is 0 Å². The van der Waals surface area contributed by atoms with Crippen molar-refractivity contribution in [1.29, 1.82) is 0 Å². The van der Waals surface area contributed by atoms with Crippen molar-refractivity contribution in [3.8, 4) is 11.1 Å². The van der Waals surface area contributed by atoms with Gasteiger partial charge in [0.25, 0.3) is 5.56 Å². The quantitative estimate of drug-likeness (QED) is 0.757. The summed E-state index contributed by atoms with van der Waals surface area (Å²) in [6.45, 7) is 0.368. The first-order chi connectivity index (χ1) is 11.6. The third-order valence-corrected chi connectivity index (χ3v) is 4.18. The summed E-state index contributed by atoms with van der Waals surface area (Å²) in [7, 11) is 0. The minimum atomic E-state index is -0.860. The lowest BCUT2D eigenvalue weighted by molar-refractivity contribution is -0.137. The molecule has 2 aromatic carbocycles. The summed E-state index contributed by atoms with van der Waals surface area (Å²) in [4.78, 5) is 23.7. The minimum absolute atomic E-state index is 0.0337. The number of benzene rings is 2. The molecule has 0 atom stereocenters. The molecule has 1 aromatic heterocycles. The van der Waals surface area contributed by atoms with E-state index >= 15 is 0 Å². The molecule has 0 aliphatic rings. The van der Waals surface area contributed by atoms with Crippen molar-refractivity contribution >= 4 is 28.5 Å². The van der Waals surface area contributed by atoms with Crippen LogP contribution in [0.25, 0.3) is 22.0 Å². The zero-order valence-corrected chi connectivity index (χ0v) is 13.7. The highest BCUT2D eigenvalue weighted by atomic mass is 35.5. The van der Waals surface area contributed by atoms with Gasteiger partial charge in [-0.25, -0.2) is 0 Å². The minimum Gasteiger partial charge on any atom is -0.481 e. The fourth-order valence-electron chi connectivity index (χ4n) is 2.77. The average Bonchev–Trinajstić information content (AvgIpc) is 2.57. The van der Waals surface area contributed by atoms with Gasteiger partial charge < -0.3 is 9.67 Å². The van der Waals surface area contributed by atoms with E-state index in [4.69, 9.17) is 16.7 Å². The summed E-state index contributed by atoms with van der Waals surface area (Å²) in [5, 5.41) is 10.4. The molecule has 0 saturated carbocycles. The van der Waals surface area contributed by atoms with Gasteiger partial charge >= 0.3 is 5.97 Å². The van der Waals surface area contributed by atoms with E-state index < -0.39 is 5.97 Å². The Balaban J connectivity index is 2.13. The average molecular weight is 342 g/mol. The number of fused-ring (bicyclic) bond motifs is 1. The number of para-hydroxylation sites is 1. The zero-order valence-electron chi connectivity index (χ0n) is 12.9. The molecule has 0 aliphatic heterocycles. The van der Waals surface area contributed by atoms with Crippen LogP contribution in [0.3, 0.4) is 0 Å². The second-order valence-electron chi connectivity index (χ2n) is 5.58. The monoisotopic (exact) mass is 341 g/mol. The maximum atomic E-state index is 12.9. The number of aromatic nitrogens is 1. The number of nitrogens with zero attached hydrogens (tertiary/aromatic N) is 1. The molecule has 1 heterocycles. The molecule has 0 unspecified atom stereocenters. The lowest BCUT2D eigenvalue weighted by Gasteiger charge is -2.13. The van der Waals surface area contributed by atoms with Gasteiger partial charge in [0, 0.05) is 23.6 Å². The van der Waals surface area contributed by atoms with Crippen LogP contribution in [-0.2, 0) is 11.3 Å². The molecule has 5 heteroatoms. The topological polar surface area (TPSA) is 59.3 Å². The van der Waals surface area contributed by atoms with Gasteiger partial charge in [-0.1, -0.05) is 41.9 Å². The van der Waals surface area contributed by atoms with E-state index in [0.29, 0.717) is 23.6 Å². The van der Waals surface area contributed by atoms with E-state index in [1.165, 1.54) is 0 Å². The molecule has 3 rings (SSSR count). The van der Waals surface area contributed by atoms with Crippen LogP contribution in [0.4, 0.5) is 0 Å². The lowest BCUT2D eigenvalue weighted by Crippen LogP contribution is -2.22.